The largest absolute Gasteiger partial charge is 0.465 e. The van der Waals surface area contributed by atoms with Gasteiger partial charge in [-0.15, -0.1) is 0 Å². The lowest BCUT2D eigenvalue weighted by molar-refractivity contribution is -0.0552. The first-order valence-corrected chi connectivity index (χ1v) is 5.74. The van der Waals surface area contributed by atoms with Crippen LogP contribution in [-0.2, 0) is 6.54 Å². The van der Waals surface area contributed by atoms with Gasteiger partial charge in [0.1, 0.15) is 0 Å². The Hall–Kier alpha value is -1.55. The average Bonchev–Trinajstić information content (AvgIpc) is 2.25. The third-order valence-electron chi connectivity index (χ3n) is 3.42. The SMILES string of the molecule is CC1(N(Cc2ccccc2)C(=O)O)CC(O)C1. The Labute approximate surface area is 100 Å². The second-order valence-corrected chi connectivity index (χ2v) is 4.91. The second kappa shape index (κ2) is 4.37. The highest BCUT2D eigenvalue weighted by Crippen LogP contribution is 2.38. The highest BCUT2D eigenvalue weighted by Gasteiger charge is 2.46. The van der Waals surface area contributed by atoms with E-state index in [1.165, 1.54) is 4.90 Å². The molecule has 2 rings (SSSR count). The van der Waals surface area contributed by atoms with Crippen molar-refractivity contribution in [1.29, 1.82) is 0 Å². The number of aliphatic hydroxyl groups excluding tert-OH is 1. The number of carboxylic acid groups (broad SMARTS) is 1. The van der Waals surface area contributed by atoms with Crippen molar-refractivity contribution in [1.82, 2.24) is 4.90 Å². The summed E-state index contributed by atoms with van der Waals surface area (Å²) in [5, 5.41) is 18.6. The number of amides is 1. The lowest BCUT2D eigenvalue weighted by Crippen LogP contribution is -2.58. The average molecular weight is 235 g/mol. The van der Waals surface area contributed by atoms with Crippen LogP contribution in [0.5, 0.6) is 0 Å². The van der Waals surface area contributed by atoms with E-state index >= 15 is 0 Å². The van der Waals surface area contributed by atoms with Crippen LogP contribution in [0.25, 0.3) is 0 Å². The molecule has 0 bridgehead atoms. The maximum atomic E-state index is 11.3. The van der Waals surface area contributed by atoms with Crippen LogP contribution in [0.1, 0.15) is 25.3 Å². The molecule has 17 heavy (non-hydrogen) atoms. The Balaban J connectivity index is 2.11. The fourth-order valence-electron chi connectivity index (χ4n) is 2.43. The lowest BCUT2D eigenvalue weighted by Gasteiger charge is -2.49. The Kier molecular flexibility index (Phi) is 3.07. The molecule has 1 aliphatic rings. The molecule has 0 saturated heterocycles. The van der Waals surface area contributed by atoms with E-state index in [2.05, 4.69) is 0 Å². The predicted octanol–water partition coefficient (Wildman–Crippen LogP) is 2.08. The van der Waals surface area contributed by atoms with Crippen molar-refractivity contribution in [2.75, 3.05) is 0 Å². The highest BCUT2D eigenvalue weighted by atomic mass is 16.4. The summed E-state index contributed by atoms with van der Waals surface area (Å²) in [4.78, 5) is 12.7. The quantitative estimate of drug-likeness (QED) is 0.843. The van der Waals surface area contributed by atoms with Gasteiger partial charge in [-0.3, -0.25) is 4.90 Å². The van der Waals surface area contributed by atoms with Crippen molar-refractivity contribution in [3.8, 4) is 0 Å². The molecule has 1 fully saturated rings. The second-order valence-electron chi connectivity index (χ2n) is 4.91. The number of carbonyl (C=O) groups is 1. The van der Waals surface area contributed by atoms with Gasteiger partial charge in [0.2, 0.25) is 0 Å². The molecule has 0 aliphatic heterocycles. The molecule has 0 radical (unpaired) electrons. The third-order valence-corrected chi connectivity index (χ3v) is 3.42. The zero-order chi connectivity index (χ0) is 12.5. The fourth-order valence-corrected chi connectivity index (χ4v) is 2.43. The van der Waals surface area contributed by atoms with Gasteiger partial charge in [0, 0.05) is 12.1 Å². The zero-order valence-corrected chi connectivity index (χ0v) is 9.84. The number of hydrogen-bond acceptors (Lipinski definition) is 2. The zero-order valence-electron chi connectivity index (χ0n) is 9.84. The van der Waals surface area contributed by atoms with Crippen molar-refractivity contribution in [2.45, 2.75) is 38.0 Å². The molecule has 0 atom stereocenters. The molecular formula is C13H17NO3. The smallest absolute Gasteiger partial charge is 0.408 e. The van der Waals surface area contributed by atoms with E-state index in [9.17, 15) is 15.0 Å². The lowest BCUT2D eigenvalue weighted by atomic mass is 9.74. The molecule has 0 spiro atoms. The number of aliphatic hydroxyl groups is 1. The van der Waals surface area contributed by atoms with E-state index < -0.39 is 11.6 Å². The molecule has 1 amide bonds. The van der Waals surface area contributed by atoms with Crippen molar-refractivity contribution >= 4 is 6.09 Å². The van der Waals surface area contributed by atoms with Gasteiger partial charge in [-0.05, 0) is 25.3 Å². The number of hydrogen-bond donors (Lipinski definition) is 2. The maximum absolute atomic E-state index is 11.3. The molecule has 4 nitrogen and oxygen atoms in total. The van der Waals surface area contributed by atoms with E-state index in [0.717, 1.165) is 5.56 Å². The molecule has 0 unspecified atom stereocenters. The first kappa shape index (κ1) is 11.9. The molecule has 1 aromatic carbocycles. The molecule has 4 heteroatoms. The van der Waals surface area contributed by atoms with Crippen molar-refractivity contribution < 1.29 is 15.0 Å². The predicted molar refractivity (Wildman–Crippen MR) is 63.7 cm³/mol. The molecule has 2 N–H and O–H groups in total. The van der Waals surface area contributed by atoms with Crippen LogP contribution in [0.4, 0.5) is 4.79 Å². The van der Waals surface area contributed by atoms with E-state index in [1.807, 2.05) is 37.3 Å². The summed E-state index contributed by atoms with van der Waals surface area (Å²) in [6, 6.07) is 9.52. The van der Waals surface area contributed by atoms with E-state index in [-0.39, 0.29) is 6.10 Å². The number of benzene rings is 1. The molecule has 1 saturated carbocycles. The topological polar surface area (TPSA) is 60.8 Å². The van der Waals surface area contributed by atoms with Gasteiger partial charge in [0.05, 0.1) is 6.10 Å². The molecular weight excluding hydrogens is 218 g/mol. The number of rotatable bonds is 3. The van der Waals surface area contributed by atoms with E-state index in [4.69, 9.17) is 0 Å². The summed E-state index contributed by atoms with van der Waals surface area (Å²) in [6.07, 6.45) is -0.251. The van der Waals surface area contributed by atoms with Crippen LogP contribution in [0.3, 0.4) is 0 Å². The van der Waals surface area contributed by atoms with Gasteiger partial charge >= 0.3 is 6.09 Å². The first-order valence-electron chi connectivity index (χ1n) is 5.74. The Bertz CT molecular complexity index is 398. The molecule has 1 aromatic rings. The monoisotopic (exact) mass is 235 g/mol. The van der Waals surface area contributed by atoms with Crippen molar-refractivity contribution in [3.05, 3.63) is 35.9 Å². The summed E-state index contributed by atoms with van der Waals surface area (Å²) in [5.41, 5.74) is 0.540. The summed E-state index contributed by atoms with van der Waals surface area (Å²) in [6.45, 7) is 2.26. The van der Waals surface area contributed by atoms with Crippen LogP contribution in [0, 0.1) is 0 Å². The van der Waals surface area contributed by atoms with Crippen LogP contribution >= 0.6 is 0 Å². The molecule has 0 aromatic heterocycles. The van der Waals surface area contributed by atoms with Gasteiger partial charge in [-0.2, -0.15) is 0 Å². The minimum atomic E-state index is -0.928. The Morgan fingerprint density at radius 2 is 2.00 bits per heavy atom. The van der Waals surface area contributed by atoms with Gasteiger partial charge in [-0.1, -0.05) is 30.3 Å². The van der Waals surface area contributed by atoms with Crippen molar-refractivity contribution in [2.24, 2.45) is 0 Å². The van der Waals surface area contributed by atoms with Crippen LogP contribution < -0.4 is 0 Å². The molecule has 0 heterocycles. The first-order chi connectivity index (χ1) is 8.01. The third kappa shape index (κ3) is 2.42. The molecule has 1 aliphatic carbocycles. The normalized spacial score (nSPS) is 27.3. The Morgan fingerprint density at radius 3 is 2.47 bits per heavy atom. The number of nitrogens with zero attached hydrogens (tertiary/aromatic N) is 1. The van der Waals surface area contributed by atoms with Gasteiger partial charge in [0.25, 0.3) is 0 Å². The summed E-state index contributed by atoms with van der Waals surface area (Å²) in [7, 11) is 0. The Morgan fingerprint density at radius 1 is 1.41 bits per heavy atom. The fraction of sp³-hybridized carbons (Fsp3) is 0.462. The van der Waals surface area contributed by atoms with E-state index in [1.54, 1.807) is 0 Å². The minimum absolute atomic E-state index is 0.363. The van der Waals surface area contributed by atoms with Gasteiger partial charge in [0.15, 0.2) is 0 Å². The summed E-state index contributed by atoms with van der Waals surface area (Å²) < 4.78 is 0. The van der Waals surface area contributed by atoms with Gasteiger partial charge < -0.3 is 10.2 Å². The standard InChI is InChI=1S/C13H17NO3/c1-13(7-11(15)8-13)14(12(16)17)9-10-5-3-2-4-6-10/h2-6,11,15H,7-9H2,1H3,(H,16,17). The van der Waals surface area contributed by atoms with Crippen molar-refractivity contribution in [3.63, 3.8) is 0 Å². The van der Waals surface area contributed by atoms with E-state index in [0.29, 0.717) is 19.4 Å². The van der Waals surface area contributed by atoms with Crippen LogP contribution in [-0.4, -0.2) is 32.8 Å². The minimum Gasteiger partial charge on any atom is -0.465 e. The van der Waals surface area contributed by atoms with Crippen LogP contribution in [0.2, 0.25) is 0 Å². The summed E-state index contributed by atoms with van der Waals surface area (Å²) in [5.74, 6) is 0. The molecule has 92 valence electrons. The maximum Gasteiger partial charge on any atom is 0.408 e. The van der Waals surface area contributed by atoms with Gasteiger partial charge in [-0.25, -0.2) is 4.79 Å². The van der Waals surface area contributed by atoms with Crippen LogP contribution in [0.15, 0.2) is 30.3 Å². The highest BCUT2D eigenvalue weighted by molar-refractivity contribution is 5.66. The summed E-state index contributed by atoms with van der Waals surface area (Å²) >= 11 is 0.